The highest BCUT2D eigenvalue weighted by molar-refractivity contribution is 5.98. The van der Waals surface area contributed by atoms with Crippen LogP contribution in [-0.2, 0) is 0 Å². The third-order valence-corrected chi connectivity index (χ3v) is 5.07. The fourth-order valence-corrected chi connectivity index (χ4v) is 4.01. The minimum atomic E-state index is 0.225. The third-order valence-electron chi connectivity index (χ3n) is 5.07. The van der Waals surface area contributed by atoms with Gasteiger partial charge in [0.1, 0.15) is 0 Å². The van der Waals surface area contributed by atoms with Crippen LogP contribution in [0.3, 0.4) is 0 Å². The maximum Gasteiger partial charge on any atom is 0.254 e. The van der Waals surface area contributed by atoms with Gasteiger partial charge in [-0.05, 0) is 49.4 Å². The van der Waals surface area contributed by atoms with Crippen molar-refractivity contribution >= 4 is 16.8 Å². The van der Waals surface area contributed by atoms with Crippen molar-refractivity contribution in [2.75, 3.05) is 6.54 Å². The number of aromatic nitrogens is 1. The number of nitrogens with one attached hydrogen (secondary N) is 1. The second kappa shape index (κ2) is 4.65. The Kier molecular flexibility index (Phi) is 2.79. The molecular weight excluding hydrogens is 248 g/mol. The number of amides is 1. The summed E-state index contributed by atoms with van der Waals surface area (Å²) in [4.78, 5) is 18.1. The van der Waals surface area contributed by atoms with Crippen LogP contribution in [0.4, 0.5) is 0 Å². The van der Waals surface area contributed by atoms with Gasteiger partial charge in [-0.1, -0.05) is 12.8 Å². The number of nitrogens with zero attached hydrogens (tertiary/aromatic N) is 1. The average Bonchev–Trinajstić information content (AvgIpc) is 3.12. The third kappa shape index (κ3) is 1.84. The molecule has 2 aliphatic rings. The van der Waals surface area contributed by atoms with Gasteiger partial charge < -0.3 is 9.88 Å². The SMILES string of the molecule is O=C(c1ccc2[nH]ccc2c1)N1CCC2CCCCC21. The zero-order valence-electron chi connectivity index (χ0n) is 11.6. The predicted molar refractivity (Wildman–Crippen MR) is 79.7 cm³/mol. The van der Waals surface area contributed by atoms with E-state index in [0.29, 0.717) is 6.04 Å². The van der Waals surface area contributed by atoms with Crippen molar-refractivity contribution in [2.24, 2.45) is 5.92 Å². The summed E-state index contributed by atoms with van der Waals surface area (Å²) in [5.74, 6) is 0.978. The summed E-state index contributed by atoms with van der Waals surface area (Å²) < 4.78 is 0. The number of hydrogen-bond acceptors (Lipinski definition) is 1. The van der Waals surface area contributed by atoms with Crippen molar-refractivity contribution in [1.29, 1.82) is 0 Å². The Hall–Kier alpha value is -1.77. The molecule has 1 saturated heterocycles. The van der Waals surface area contributed by atoms with Crippen LogP contribution >= 0.6 is 0 Å². The highest BCUT2D eigenvalue weighted by atomic mass is 16.2. The maximum atomic E-state index is 12.8. The maximum absolute atomic E-state index is 12.8. The average molecular weight is 268 g/mol. The van der Waals surface area contributed by atoms with E-state index in [1.807, 2.05) is 30.5 Å². The Labute approximate surface area is 119 Å². The number of hydrogen-bond donors (Lipinski definition) is 1. The van der Waals surface area contributed by atoms with Gasteiger partial charge in [0.15, 0.2) is 0 Å². The van der Waals surface area contributed by atoms with Gasteiger partial charge in [-0.25, -0.2) is 0 Å². The second-order valence-electron chi connectivity index (χ2n) is 6.18. The Morgan fingerprint density at radius 1 is 1.15 bits per heavy atom. The van der Waals surface area contributed by atoms with Gasteiger partial charge in [0.2, 0.25) is 0 Å². The molecule has 0 bridgehead atoms. The first-order valence-electron chi connectivity index (χ1n) is 7.71. The molecule has 1 N–H and O–H groups in total. The highest BCUT2D eigenvalue weighted by Crippen LogP contribution is 2.36. The van der Waals surface area contributed by atoms with Crippen molar-refractivity contribution < 1.29 is 4.79 Å². The van der Waals surface area contributed by atoms with Crippen LogP contribution in [0.2, 0.25) is 0 Å². The molecule has 1 aliphatic carbocycles. The van der Waals surface area contributed by atoms with Crippen molar-refractivity contribution in [3.8, 4) is 0 Å². The lowest BCUT2D eigenvalue weighted by Gasteiger charge is -2.31. The smallest absolute Gasteiger partial charge is 0.254 e. The van der Waals surface area contributed by atoms with E-state index in [1.165, 1.54) is 32.1 Å². The number of rotatable bonds is 1. The number of benzene rings is 1. The fourth-order valence-electron chi connectivity index (χ4n) is 4.01. The normalized spacial score (nSPS) is 25.9. The van der Waals surface area contributed by atoms with E-state index in [4.69, 9.17) is 0 Å². The second-order valence-corrected chi connectivity index (χ2v) is 6.18. The van der Waals surface area contributed by atoms with E-state index < -0.39 is 0 Å². The van der Waals surface area contributed by atoms with Gasteiger partial charge in [0.25, 0.3) is 5.91 Å². The lowest BCUT2D eigenvalue weighted by Crippen LogP contribution is -2.39. The number of likely N-dealkylation sites (tertiary alicyclic amines) is 1. The fraction of sp³-hybridized carbons (Fsp3) is 0.471. The molecule has 3 heteroatoms. The Bertz CT molecular complexity index is 645. The van der Waals surface area contributed by atoms with Crippen LogP contribution in [0.5, 0.6) is 0 Å². The number of H-pyrrole nitrogens is 1. The molecule has 3 nitrogen and oxygen atoms in total. The molecule has 4 rings (SSSR count). The van der Waals surface area contributed by atoms with Crippen LogP contribution in [0, 0.1) is 5.92 Å². The lowest BCUT2D eigenvalue weighted by molar-refractivity contribution is 0.0690. The molecule has 20 heavy (non-hydrogen) atoms. The van der Waals surface area contributed by atoms with Crippen LogP contribution in [0.25, 0.3) is 10.9 Å². The zero-order chi connectivity index (χ0) is 13.5. The van der Waals surface area contributed by atoms with Gasteiger partial charge in [0, 0.05) is 35.2 Å². The summed E-state index contributed by atoms with van der Waals surface area (Å²) in [6.07, 6.45) is 8.25. The number of fused-ring (bicyclic) bond motifs is 2. The number of carbonyl (C=O) groups is 1. The molecule has 1 aromatic heterocycles. The first kappa shape index (κ1) is 12.0. The molecule has 2 heterocycles. The van der Waals surface area contributed by atoms with Gasteiger partial charge in [-0.2, -0.15) is 0 Å². The minimum absolute atomic E-state index is 0.225. The highest BCUT2D eigenvalue weighted by Gasteiger charge is 2.38. The van der Waals surface area contributed by atoms with E-state index >= 15 is 0 Å². The molecule has 0 spiro atoms. The minimum Gasteiger partial charge on any atom is -0.361 e. The Balaban J connectivity index is 1.62. The van der Waals surface area contributed by atoms with Crippen LogP contribution in [0.15, 0.2) is 30.5 Å². The first-order valence-corrected chi connectivity index (χ1v) is 7.71. The number of carbonyl (C=O) groups excluding carboxylic acids is 1. The van der Waals surface area contributed by atoms with Gasteiger partial charge >= 0.3 is 0 Å². The van der Waals surface area contributed by atoms with Crippen molar-refractivity contribution in [3.63, 3.8) is 0 Å². The summed E-state index contributed by atoms with van der Waals surface area (Å²) in [7, 11) is 0. The van der Waals surface area contributed by atoms with E-state index in [1.54, 1.807) is 0 Å². The van der Waals surface area contributed by atoms with Gasteiger partial charge in [-0.3, -0.25) is 4.79 Å². The summed E-state index contributed by atoms with van der Waals surface area (Å²) in [5.41, 5.74) is 1.93. The van der Waals surface area contributed by atoms with Gasteiger partial charge in [-0.15, -0.1) is 0 Å². The van der Waals surface area contributed by atoms with Crippen molar-refractivity contribution in [2.45, 2.75) is 38.1 Å². The molecule has 1 saturated carbocycles. The van der Waals surface area contributed by atoms with Gasteiger partial charge in [0.05, 0.1) is 0 Å². The van der Waals surface area contributed by atoms with Crippen molar-refractivity contribution in [1.82, 2.24) is 9.88 Å². The van der Waals surface area contributed by atoms with E-state index in [-0.39, 0.29) is 5.91 Å². The number of aromatic amines is 1. The molecule has 2 aromatic rings. The molecule has 2 unspecified atom stereocenters. The summed E-state index contributed by atoms with van der Waals surface area (Å²) >= 11 is 0. The summed E-state index contributed by atoms with van der Waals surface area (Å²) in [6.45, 7) is 0.944. The molecule has 0 radical (unpaired) electrons. The molecule has 1 aliphatic heterocycles. The monoisotopic (exact) mass is 268 g/mol. The van der Waals surface area contributed by atoms with E-state index in [9.17, 15) is 4.79 Å². The Morgan fingerprint density at radius 2 is 2.05 bits per heavy atom. The van der Waals surface area contributed by atoms with E-state index in [2.05, 4.69) is 9.88 Å². The molecule has 2 fully saturated rings. The lowest BCUT2D eigenvalue weighted by atomic mass is 9.85. The molecule has 1 aromatic carbocycles. The molecule has 104 valence electrons. The predicted octanol–water partition coefficient (Wildman–Crippen LogP) is 3.57. The largest absolute Gasteiger partial charge is 0.361 e. The van der Waals surface area contributed by atoms with Crippen LogP contribution in [0.1, 0.15) is 42.5 Å². The molecule has 2 atom stereocenters. The van der Waals surface area contributed by atoms with E-state index in [0.717, 1.165) is 28.9 Å². The first-order chi connectivity index (χ1) is 9.83. The van der Waals surface area contributed by atoms with Crippen LogP contribution in [-0.4, -0.2) is 28.4 Å². The standard InChI is InChI=1S/C17H20N2O/c20-17(14-5-6-15-13(11-14)7-9-18-15)19-10-8-12-3-1-2-4-16(12)19/h5-7,9,11-12,16,18H,1-4,8,10H2. The van der Waals surface area contributed by atoms with Crippen molar-refractivity contribution in [3.05, 3.63) is 36.0 Å². The molecule has 1 amide bonds. The summed E-state index contributed by atoms with van der Waals surface area (Å²) in [6, 6.07) is 8.51. The topological polar surface area (TPSA) is 36.1 Å². The summed E-state index contributed by atoms with van der Waals surface area (Å²) in [5, 5.41) is 1.12. The molecular formula is C17H20N2O. The quantitative estimate of drug-likeness (QED) is 0.843. The van der Waals surface area contributed by atoms with Crippen LogP contribution < -0.4 is 0 Å². The Morgan fingerprint density at radius 3 is 3.00 bits per heavy atom. The zero-order valence-corrected chi connectivity index (χ0v) is 11.6.